The van der Waals surface area contributed by atoms with Gasteiger partial charge in [0.2, 0.25) is 0 Å². The van der Waals surface area contributed by atoms with E-state index in [1.54, 1.807) is 11.5 Å². The van der Waals surface area contributed by atoms with Gasteiger partial charge in [-0.25, -0.2) is 0 Å². The summed E-state index contributed by atoms with van der Waals surface area (Å²) in [5, 5.41) is 0. The van der Waals surface area contributed by atoms with Crippen molar-refractivity contribution in [2.75, 3.05) is 0 Å². The highest BCUT2D eigenvalue weighted by Crippen LogP contribution is 2.26. The van der Waals surface area contributed by atoms with Crippen LogP contribution in [0.3, 0.4) is 0 Å². The Bertz CT molecular complexity index is 267. The molecule has 1 atom stereocenters. The van der Waals surface area contributed by atoms with Crippen molar-refractivity contribution in [3.8, 4) is 0 Å². The lowest BCUT2D eigenvalue weighted by Crippen LogP contribution is -2.26. The van der Waals surface area contributed by atoms with Gasteiger partial charge in [-0.1, -0.05) is 0 Å². The number of nitrogens with two attached hydrogens (primary N) is 1. The van der Waals surface area contributed by atoms with E-state index in [2.05, 4.69) is 11.3 Å². The SMILES string of the molecule is Cc1nsc2c1CCC(N)C2. The molecule has 0 aromatic carbocycles. The summed E-state index contributed by atoms with van der Waals surface area (Å²) in [6.45, 7) is 2.09. The van der Waals surface area contributed by atoms with Crippen LogP contribution in [0.25, 0.3) is 0 Å². The summed E-state index contributed by atoms with van der Waals surface area (Å²) in [6, 6.07) is 0.377. The van der Waals surface area contributed by atoms with Gasteiger partial charge in [-0.2, -0.15) is 4.37 Å². The molecule has 0 saturated carbocycles. The normalized spacial score (nSPS) is 23.3. The topological polar surface area (TPSA) is 38.9 Å². The molecule has 1 heterocycles. The second kappa shape index (κ2) is 2.57. The minimum Gasteiger partial charge on any atom is -0.327 e. The van der Waals surface area contributed by atoms with Crippen LogP contribution in [-0.2, 0) is 12.8 Å². The van der Waals surface area contributed by atoms with E-state index in [-0.39, 0.29) is 0 Å². The van der Waals surface area contributed by atoms with E-state index in [1.807, 2.05) is 0 Å². The van der Waals surface area contributed by atoms with Crippen LogP contribution in [0.4, 0.5) is 0 Å². The van der Waals surface area contributed by atoms with Crippen LogP contribution in [0.15, 0.2) is 0 Å². The van der Waals surface area contributed by atoms with Gasteiger partial charge in [0.15, 0.2) is 0 Å². The second-order valence-electron chi connectivity index (χ2n) is 3.17. The molecule has 0 saturated heterocycles. The van der Waals surface area contributed by atoms with E-state index in [0.717, 1.165) is 19.3 Å². The van der Waals surface area contributed by atoms with Crippen molar-refractivity contribution in [1.29, 1.82) is 0 Å². The number of hydrogen-bond acceptors (Lipinski definition) is 3. The summed E-state index contributed by atoms with van der Waals surface area (Å²) in [6.07, 6.45) is 3.31. The molecule has 0 spiro atoms. The summed E-state index contributed by atoms with van der Waals surface area (Å²) >= 11 is 1.63. The van der Waals surface area contributed by atoms with Crippen molar-refractivity contribution in [3.63, 3.8) is 0 Å². The zero-order valence-corrected chi connectivity index (χ0v) is 7.45. The number of aromatic nitrogens is 1. The Kier molecular flexibility index (Phi) is 1.69. The molecular weight excluding hydrogens is 156 g/mol. The summed E-state index contributed by atoms with van der Waals surface area (Å²) in [5.41, 5.74) is 8.53. The molecule has 0 fully saturated rings. The fourth-order valence-electron chi connectivity index (χ4n) is 1.59. The average molecular weight is 168 g/mol. The summed E-state index contributed by atoms with van der Waals surface area (Å²) < 4.78 is 4.32. The minimum absolute atomic E-state index is 0.377. The van der Waals surface area contributed by atoms with Crippen molar-refractivity contribution >= 4 is 11.5 Å². The minimum atomic E-state index is 0.377. The van der Waals surface area contributed by atoms with Crippen LogP contribution in [0.5, 0.6) is 0 Å². The first-order chi connectivity index (χ1) is 5.27. The van der Waals surface area contributed by atoms with Crippen molar-refractivity contribution in [2.24, 2.45) is 5.73 Å². The highest BCUT2D eigenvalue weighted by atomic mass is 32.1. The summed E-state index contributed by atoms with van der Waals surface area (Å²) in [7, 11) is 0. The molecule has 3 heteroatoms. The van der Waals surface area contributed by atoms with E-state index >= 15 is 0 Å². The maximum absolute atomic E-state index is 5.84. The van der Waals surface area contributed by atoms with Gasteiger partial charge in [0.1, 0.15) is 0 Å². The Balaban J connectivity index is 2.36. The third kappa shape index (κ3) is 1.19. The van der Waals surface area contributed by atoms with Gasteiger partial charge < -0.3 is 5.73 Å². The number of nitrogens with zero attached hydrogens (tertiary/aromatic N) is 1. The molecule has 1 aliphatic rings. The fraction of sp³-hybridized carbons (Fsp3) is 0.625. The van der Waals surface area contributed by atoms with E-state index in [9.17, 15) is 0 Å². The highest BCUT2D eigenvalue weighted by Gasteiger charge is 2.19. The molecule has 11 heavy (non-hydrogen) atoms. The Labute approximate surface area is 70.6 Å². The Morgan fingerprint density at radius 3 is 3.27 bits per heavy atom. The van der Waals surface area contributed by atoms with Crippen molar-refractivity contribution in [2.45, 2.75) is 32.2 Å². The van der Waals surface area contributed by atoms with Gasteiger partial charge in [-0.05, 0) is 43.3 Å². The molecule has 0 amide bonds. The zero-order valence-electron chi connectivity index (χ0n) is 6.63. The van der Waals surface area contributed by atoms with E-state index in [1.165, 1.54) is 16.1 Å². The average Bonchev–Trinajstić information content (AvgIpc) is 2.32. The Morgan fingerprint density at radius 2 is 2.45 bits per heavy atom. The first-order valence-electron chi connectivity index (χ1n) is 3.97. The number of aryl methyl sites for hydroxylation is 1. The van der Waals surface area contributed by atoms with Gasteiger partial charge in [0.25, 0.3) is 0 Å². The molecule has 1 aromatic heterocycles. The Morgan fingerprint density at radius 1 is 1.64 bits per heavy atom. The van der Waals surface area contributed by atoms with E-state index < -0.39 is 0 Å². The van der Waals surface area contributed by atoms with Crippen LogP contribution >= 0.6 is 11.5 Å². The lowest BCUT2D eigenvalue weighted by Gasteiger charge is -2.17. The summed E-state index contributed by atoms with van der Waals surface area (Å²) in [4.78, 5) is 1.42. The lowest BCUT2D eigenvalue weighted by molar-refractivity contribution is 0.582. The Hall–Kier alpha value is -0.410. The predicted molar refractivity (Wildman–Crippen MR) is 46.9 cm³/mol. The molecular formula is C8H12N2S. The molecule has 0 aliphatic heterocycles. The highest BCUT2D eigenvalue weighted by molar-refractivity contribution is 7.06. The number of hydrogen-bond donors (Lipinski definition) is 1. The molecule has 2 N–H and O–H groups in total. The van der Waals surface area contributed by atoms with Crippen LogP contribution in [0.1, 0.15) is 22.6 Å². The van der Waals surface area contributed by atoms with Gasteiger partial charge in [0, 0.05) is 10.9 Å². The number of rotatable bonds is 0. The lowest BCUT2D eigenvalue weighted by atomic mass is 9.94. The second-order valence-corrected chi connectivity index (χ2v) is 4.03. The van der Waals surface area contributed by atoms with Crippen molar-refractivity contribution in [1.82, 2.24) is 4.37 Å². The molecule has 60 valence electrons. The third-order valence-corrected chi connectivity index (χ3v) is 3.28. The third-order valence-electron chi connectivity index (χ3n) is 2.28. The maximum Gasteiger partial charge on any atom is 0.0546 e. The zero-order chi connectivity index (χ0) is 7.84. The molecule has 2 nitrogen and oxygen atoms in total. The summed E-state index contributed by atoms with van der Waals surface area (Å²) in [5.74, 6) is 0. The molecule has 2 rings (SSSR count). The van der Waals surface area contributed by atoms with Crippen LogP contribution < -0.4 is 5.73 Å². The van der Waals surface area contributed by atoms with Crippen LogP contribution in [0, 0.1) is 6.92 Å². The van der Waals surface area contributed by atoms with Gasteiger partial charge >= 0.3 is 0 Å². The first kappa shape index (κ1) is 7.25. The van der Waals surface area contributed by atoms with Crippen LogP contribution in [0.2, 0.25) is 0 Å². The smallest absolute Gasteiger partial charge is 0.0546 e. The molecule has 0 bridgehead atoms. The standard InChI is InChI=1S/C8H12N2S/c1-5-7-3-2-6(9)4-8(7)11-10-5/h6H,2-4,9H2,1H3. The predicted octanol–water partition coefficient (Wildman–Crippen LogP) is 1.27. The van der Waals surface area contributed by atoms with Crippen molar-refractivity contribution < 1.29 is 0 Å². The monoisotopic (exact) mass is 168 g/mol. The van der Waals surface area contributed by atoms with E-state index in [4.69, 9.17) is 5.73 Å². The molecule has 1 aliphatic carbocycles. The molecule has 1 aromatic rings. The van der Waals surface area contributed by atoms with Gasteiger partial charge in [-0.3, -0.25) is 0 Å². The maximum atomic E-state index is 5.84. The van der Waals surface area contributed by atoms with Crippen LogP contribution in [-0.4, -0.2) is 10.4 Å². The van der Waals surface area contributed by atoms with Crippen molar-refractivity contribution in [3.05, 3.63) is 16.1 Å². The molecule has 1 unspecified atom stereocenters. The largest absolute Gasteiger partial charge is 0.327 e. The first-order valence-corrected chi connectivity index (χ1v) is 4.74. The number of fused-ring (bicyclic) bond motifs is 1. The molecule has 0 radical (unpaired) electrons. The van der Waals surface area contributed by atoms with Gasteiger partial charge in [-0.15, -0.1) is 0 Å². The van der Waals surface area contributed by atoms with E-state index in [0.29, 0.717) is 6.04 Å². The quantitative estimate of drug-likeness (QED) is 0.633. The fourth-order valence-corrected chi connectivity index (χ4v) is 2.59. The van der Waals surface area contributed by atoms with Gasteiger partial charge in [0.05, 0.1) is 5.69 Å².